The van der Waals surface area contributed by atoms with Crippen LogP contribution in [-0.4, -0.2) is 38.8 Å². The summed E-state index contributed by atoms with van der Waals surface area (Å²) in [5.74, 6) is 1.13. The van der Waals surface area contributed by atoms with Gasteiger partial charge in [0.25, 0.3) is 5.91 Å². The summed E-state index contributed by atoms with van der Waals surface area (Å²) in [5, 5.41) is 6.11. The predicted octanol–water partition coefficient (Wildman–Crippen LogP) is 1.92. The molecule has 1 heterocycles. The molecule has 0 saturated heterocycles. The average Bonchev–Trinajstić information content (AvgIpc) is 2.53. The Labute approximate surface area is 137 Å². The summed E-state index contributed by atoms with van der Waals surface area (Å²) in [4.78, 5) is 11.8. The number of amides is 1. The molecule has 0 unspecified atom stereocenters. The minimum absolute atomic E-state index is 0. The van der Waals surface area contributed by atoms with Crippen LogP contribution in [0.25, 0.3) is 0 Å². The van der Waals surface area contributed by atoms with Crippen LogP contribution in [0.4, 0.5) is 0 Å². The second-order valence-corrected chi connectivity index (χ2v) is 4.76. The Morgan fingerprint density at radius 2 is 2.00 bits per heavy atom. The highest BCUT2D eigenvalue weighted by Crippen LogP contribution is 2.26. The van der Waals surface area contributed by atoms with Gasteiger partial charge in [0.05, 0.1) is 6.61 Å². The van der Waals surface area contributed by atoms with Crippen LogP contribution < -0.4 is 20.1 Å². The van der Waals surface area contributed by atoms with Gasteiger partial charge in [0.1, 0.15) is 0 Å². The van der Waals surface area contributed by atoms with Crippen molar-refractivity contribution >= 4 is 18.3 Å². The van der Waals surface area contributed by atoms with Crippen molar-refractivity contribution in [2.75, 3.05) is 32.8 Å². The standard InChI is InChI=1S/C16H22N2O3.ClH/c1-2-20-14-5-3-4-6-15(14)21-12-16(19)18-11-13-7-9-17-10-8-13;/h3-7,17H,2,8-12H2,1H3,(H,18,19);1H. The Balaban J connectivity index is 0.00000242. The van der Waals surface area contributed by atoms with Crippen LogP contribution in [0.2, 0.25) is 0 Å². The quantitative estimate of drug-likeness (QED) is 0.752. The van der Waals surface area contributed by atoms with Crippen molar-refractivity contribution in [3.8, 4) is 11.5 Å². The third-order valence-electron chi connectivity index (χ3n) is 3.18. The van der Waals surface area contributed by atoms with Crippen LogP contribution >= 0.6 is 12.4 Å². The number of halogens is 1. The number of ether oxygens (including phenoxy) is 2. The zero-order chi connectivity index (χ0) is 14.9. The van der Waals surface area contributed by atoms with E-state index in [2.05, 4.69) is 16.7 Å². The third kappa shape index (κ3) is 5.95. The van der Waals surface area contributed by atoms with E-state index in [0.717, 1.165) is 19.5 Å². The molecule has 0 radical (unpaired) electrons. The maximum Gasteiger partial charge on any atom is 0.258 e. The number of hydrogen-bond donors (Lipinski definition) is 2. The van der Waals surface area contributed by atoms with Gasteiger partial charge in [0, 0.05) is 13.1 Å². The van der Waals surface area contributed by atoms with Gasteiger partial charge in [-0.25, -0.2) is 0 Å². The molecule has 1 amide bonds. The van der Waals surface area contributed by atoms with Crippen molar-refractivity contribution in [3.63, 3.8) is 0 Å². The highest BCUT2D eigenvalue weighted by molar-refractivity contribution is 5.85. The van der Waals surface area contributed by atoms with E-state index in [1.165, 1.54) is 5.57 Å². The zero-order valence-corrected chi connectivity index (χ0v) is 13.6. The second-order valence-electron chi connectivity index (χ2n) is 4.76. The lowest BCUT2D eigenvalue weighted by Gasteiger charge is -2.15. The van der Waals surface area contributed by atoms with E-state index in [-0.39, 0.29) is 24.9 Å². The highest BCUT2D eigenvalue weighted by Gasteiger charge is 2.08. The van der Waals surface area contributed by atoms with Gasteiger partial charge in [-0.15, -0.1) is 12.4 Å². The lowest BCUT2D eigenvalue weighted by molar-refractivity contribution is -0.122. The normalized spacial score (nSPS) is 13.6. The van der Waals surface area contributed by atoms with E-state index in [1.54, 1.807) is 6.07 Å². The van der Waals surface area contributed by atoms with Crippen molar-refractivity contribution < 1.29 is 14.3 Å². The zero-order valence-electron chi connectivity index (χ0n) is 12.8. The summed E-state index contributed by atoms with van der Waals surface area (Å²) < 4.78 is 11.0. The summed E-state index contributed by atoms with van der Waals surface area (Å²) in [7, 11) is 0. The van der Waals surface area contributed by atoms with Crippen LogP contribution in [0, 0.1) is 0 Å². The van der Waals surface area contributed by atoms with Crippen molar-refractivity contribution in [2.24, 2.45) is 0 Å². The van der Waals surface area contributed by atoms with Crippen LogP contribution in [0.15, 0.2) is 35.9 Å². The minimum atomic E-state index is -0.124. The van der Waals surface area contributed by atoms with Gasteiger partial charge in [0.2, 0.25) is 0 Å². The average molecular weight is 327 g/mol. The molecular weight excluding hydrogens is 304 g/mol. The molecule has 0 bridgehead atoms. The SMILES string of the molecule is CCOc1ccccc1OCC(=O)NCC1=CCNCC1.Cl. The van der Waals surface area contributed by atoms with Crippen LogP contribution in [0.1, 0.15) is 13.3 Å². The lowest BCUT2D eigenvalue weighted by Crippen LogP contribution is -2.32. The first-order valence-corrected chi connectivity index (χ1v) is 7.29. The Bertz CT molecular complexity index is 506. The van der Waals surface area contributed by atoms with Crippen molar-refractivity contribution in [2.45, 2.75) is 13.3 Å². The summed E-state index contributed by atoms with van der Waals surface area (Å²) in [6, 6.07) is 7.36. The van der Waals surface area contributed by atoms with Gasteiger partial charge in [-0.3, -0.25) is 4.79 Å². The van der Waals surface area contributed by atoms with Gasteiger partial charge in [-0.05, 0) is 32.0 Å². The van der Waals surface area contributed by atoms with Gasteiger partial charge in [0.15, 0.2) is 18.1 Å². The number of para-hydroxylation sites is 2. The predicted molar refractivity (Wildman–Crippen MR) is 88.9 cm³/mol. The molecule has 0 fully saturated rings. The molecule has 6 heteroatoms. The molecule has 0 spiro atoms. The Kier molecular flexibility index (Phi) is 8.40. The van der Waals surface area contributed by atoms with E-state index >= 15 is 0 Å². The monoisotopic (exact) mass is 326 g/mol. The number of rotatable bonds is 7. The molecular formula is C16H23ClN2O3. The van der Waals surface area contributed by atoms with Crippen molar-refractivity contribution in [1.29, 1.82) is 0 Å². The van der Waals surface area contributed by atoms with Gasteiger partial charge >= 0.3 is 0 Å². The van der Waals surface area contributed by atoms with Crippen molar-refractivity contribution in [3.05, 3.63) is 35.9 Å². The molecule has 0 aromatic heterocycles. The van der Waals surface area contributed by atoms with Crippen LogP contribution in [-0.2, 0) is 4.79 Å². The molecule has 1 aromatic carbocycles. The molecule has 0 atom stereocenters. The summed E-state index contributed by atoms with van der Waals surface area (Å²) >= 11 is 0. The Morgan fingerprint density at radius 1 is 1.27 bits per heavy atom. The molecule has 2 N–H and O–H groups in total. The van der Waals surface area contributed by atoms with Crippen LogP contribution in [0.3, 0.4) is 0 Å². The van der Waals surface area contributed by atoms with E-state index < -0.39 is 0 Å². The topological polar surface area (TPSA) is 59.6 Å². The second kappa shape index (κ2) is 10.1. The molecule has 122 valence electrons. The molecule has 1 aliphatic rings. The molecule has 1 aliphatic heterocycles. The maximum absolute atomic E-state index is 11.8. The molecule has 2 rings (SSSR count). The van der Waals surface area contributed by atoms with E-state index in [9.17, 15) is 4.79 Å². The Hall–Kier alpha value is -1.72. The smallest absolute Gasteiger partial charge is 0.258 e. The molecule has 22 heavy (non-hydrogen) atoms. The van der Waals surface area contributed by atoms with E-state index in [4.69, 9.17) is 9.47 Å². The minimum Gasteiger partial charge on any atom is -0.490 e. The number of benzene rings is 1. The summed E-state index contributed by atoms with van der Waals surface area (Å²) in [5.41, 5.74) is 1.26. The van der Waals surface area contributed by atoms with Gasteiger partial charge in [-0.1, -0.05) is 23.8 Å². The van der Waals surface area contributed by atoms with Gasteiger partial charge in [-0.2, -0.15) is 0 Å². The van der Waals surface area contributed by atoms with Gasteiger partial charge < -0.3 is 20.1 Å². The fraction of sp³-hybridized carbons (Fsp3) is 0.438. The fourth-order valence-electron chi connectivity index (χ4n) is 2.08. The first-order chi connectivity index (χ1) is 10.3. The highest BCUT2D eigenvalue weighted by atomic mass is 35.5. The first-order valence-electron chi connectivity index (χ1n) is 7.29. The first kappa shape index (κ1) is 18.3. The number of nitrogens with one attached hydrogen (secondary N) is 2. The van der Waals surface area contributed by atoms with E-state index in [1.807, 2.05) is 25.1 Å². The fourth-order valence-corrected chi connectivity index (χ4v) is 2.08. The Morgan fingerprint density at radius 3 is 2.64 bits per heavy atom. The number of hydrogen-bond acceptors (Lipinski definition) is 4. The number of carbonyl (C=O) groups excluding carboxylic acids is 1. The lowest BCUT2D eigenvalue weighted by atomic mass is 10.1. The van der Waals surface area contributed by atoms with Crippen LogP contribution in [0.5, 0.6) is 11.5 Å². The van der Waals surface area contributed by atoms with E-state index in [0.29, 0.717) is 24.7 Å². The largest absolute Gasteiger partial charge is 0.490 e. The molecule has 0 saturated carbocycles. The molecule has 5 nitrogen and oxygen atoms in total. The van der Waals surface area contributed by atoms with Crippen molar-refractivity contribution in [1.82, 2.24) is 10.6 Å². The summed E-state index contributed by atoms with van der Waals surface area (Å²) in [6.07, 6.45) is 3.10. The molecule has 1 aromatic rings. The summed E-state index contributed by atoms with van der Waals surface area (Å²) in [6.45, 7) is 4.92. The number of carbonyl (C=O) groups is 1. The molecule has 0 aliphatic carbocycles. The maximum atomic E-state index is 11.8. The third-order valence-corrected chi connectivity index (χ3v) is 3.18.